The highest BCUT2D eigenvalue weighted by molar-refractivity contribution is 9.11. The number of thiophene rings is 1. The van der Waals surface area contributed by atoms with Gasteiger partial charge in [-0.2, -0.15) is 0 Å². The van der Waals surface area contributed by atoms with Gasteiger partial charge in [-0.1, -0.05) is 5.10 Å². The minimum absolute atomic E-state index is 0.459. The molecule has 0 unspecified atom stereocenters. The summed E-state index contributed by atoms with van der Waals surface area (Å²) >= 11 is 5.11. The topological polar surface area (TPSA) is 51.0 Å². The lowest BCUT2D eigenvalue weighted by Crippen LogP contribution is -1.98. The summed E-state index contributed by atoms with van der Waals surface area (Å²) in [6.45, 7) is 2.45. The number of halogens is 1. The van der Waals surface area contributed by atoms with Crippen molar-refractivity contribution in [1.29, 1.82) is 0 Å². The quantitative estimate of drug-likeness (QED) is 0.935. The fourth-order valence-corrected chi connectivity index (χ4v) is 2.22. The van der Waals surface area contributed by atoms with Gasteiger partial charge in [-0.15, -0.1) is 16.4 Å². The summed E-state index contributed by atoms with van der Waals surface area (Å²) < 4.78 is 6.30. The molecular formula is C8H8BrN3OS. The Morgan fingerprint density at radius 2 is 2.43 bits per heavy atom. The molecule has 2 aromatic heterocycles. The van der Waals surface area contributed by atoms with E-state index in [-0.39, 0.29) is 0 Å². The number of aryl methyl sites for hydroxylation is 1. The molecule has 0 bridgehead atoms. The first-order valence-corrected chi connectivity index (χ1v) is 5.69. The molecule has 0 amide bonds. The van der Waals surface area contributed by atoms with Gasteiger partial charge in [0.05, 0.1) is 3.79 Å². The van der Waals surface area contributed by atoms with E-state index in [4.69, 9.17) is 4.42 Å². The number of anilines is 1. The molecule has 2 aromatic rings. The molecule has 0 saturated heterocycles. The molecule has 2 heterocycles. The van der Waals surface area contributed by atoms with Crippen molar-refractivity contribution in [3.05, 3.63) is 26.7 Å². The van der Waals surface area contributed by atoms with E-state index in [1.165, 1.54) is 5.56 Å². The minimum Gasteiger partial charge on any atom is -0.408 e. The fourth-order valence-electron chi connectivity index (χ4n) is 0.984. The van der Waals surface area contributed by atoms with Crippen LogP contribution in [-0.4, -0.2) is 10.2 Å². The second kappa shape index (κ2) is 4.10. The zero-order valence-electron chi connectivity index (χ0n) is 7.45. The number of aromatic nitrogens is 2. The first-order valence-electron chi connectivity index (χ1n) is 4.01. The van der Waals surface area contributed by atoms with Crippen LogP contribution < -0.4 is 5.32 Å². The SMILES string of the molecule is Cc1nnc(NCc2ccsc2Br)o1. The van der Waals surface area contributed by atoms with Crippen molar-refractivity contribution in [2.24, 2.45) is 0 Å². The normalized spacial score (nSPS) is 10.4. The van der Waals surface area contributed by atoms with Crippen LogP contribution in [0.15, 0.2) is 19.6 Å². The zero-order chi connectivity index (χ0) is 9.97. The second-order valence-corrected chi connectivity index (χ2v) is 4.93. The van der Waals surface area contributed by atoms with Gasteiger partial charge in [-0.05, 0) is 32.9 Å². The summed E-state index contributed by atoms with van der Waals surface area (Å²) in [4.78, 5) is 0. The predicted octanol–water partition coefficient (Wildman–Crippen LogP) is 2.81. The van der Waals surface area contributed by atoms with E-state index >= 15 is 0 Å². The number of nitrogens with one attached hydrogen (secondary N) is 1. The zero-order valence-corrected chi connectivity index (χ0v) is 9.85. The van der Waals surface area contributed by atoms with Crippen LogP contribution in [0.2, 0.25) is 0 Å². The lowest BCUT2D eigenvalue weighted by molar-refractivity contribution is 0.530. The summed E-state index contributed by atoms with van der Waals surface area (Å²) in [6, 6.07) is 2.51. The standard InChI is InChI=1S/C8H8BrN3OS/c1-5-11-12-8(13-5)10-4-6-2-3-14-7(6)9/h2-3H,4H2,1H3,(H,10,12). The number of hydrogen-bond acceptors (Lipinski definition) is 5. The summed E-state index contributed by atoms with van der Waals surface area (Å²) in [6.07, 6.45) is 0. The monoisotopic (exact) mass is 273 g/mol. The van der Waals surface area contributed by atoms with E-state index in [1.54, 1.807) is 18.3 Å². The third kappa shape index (κ3) is 2.13. The molecule has 0 radical (unpaired) electrons. The first kappa shape index (κ1) is 9.67. The number of rotatable bonds is 3. The van der Waals surface area contributed by atoms with Crippen LogP contribution in [0.4, 0.5) is 6.01 Å². The lowest BCUT2D eigenvalue weighted by Gasteiger charge is -1.98. The van der Waals surface area contributed by atoms with Gasteiger partial charge in [0, 0.05) is 13.5 Å². The molecule has 14 heavy (non-hydrogen) atoms. The van der Waals surface area contributed by atoms with E-state index < -0.39 is 0 Å². The highest BCUT2D eigenvalue weighted by Gasteiger charge is 2.04. The van der Waals surface area contributed by atoms with Gasteiger partial charge in [-0.3, -0.25) is 0 Å². The van der Waals surface area contributed by atoms with Crippen LogP contribution >= 0.6 is 27.3 Å². The van der Waals surface area contributed by atoms with Gasteiger partial charge in [0.1, 0.15) is 0 Å². The van der Waals surface area contributed by atoms with Crippen molar-refractivity contribution < 1.29 is 4.42 Å². The Kier molecular flexibility index (Phi) is 2.83. The van der Waals surface area contributed by atoms with E-state index in [0.717, 1.165) is 3.79 Å². The van der Waals surface area contributed by atoms with Crippen molar-refractivity contribution in [2.45, 2.75) is 13.5 Å². The largest absolute Gasteiger partial charge is 0.408 e. The Bertz CT molecular complexity index is 426. The average molecular weight is 274 g/mol. The Morgan fingerprint density at radius 1 is 1.57 bits per heavy atom. The second-order valence-electron chi connectivity index (χ2n) is 2.70. The van der Waals surface area contributed by atoms with Gasteiger partial charge < -0.3 is 9.73 Å². The molecule has 0 atom stereocenters. The Hall–Kier alpha value is -0.880. The van der Waals surface area contributed by atoms with Crippen LogP contribution in [0.3, 0.4) is 0 Å². The van der Waals surface area contributed by atoms with Crippen LogP contribution in [0.1, 0.15) is 11.5 Å². The maximum absolute atomic E-state index is 5.18. The van der Waals surface area contributed by atoms with Crippen molar-refractivity contribution in [1.82, 2.24) is 10.2 Å². The number of hydrogen-bond donors (Lipinski definition) is 1. The molecule has 1 N–H and O–H groups in total. The smallest absolute Gasteiger partial charge is 0.315 e. The molecule has 0 aromatic carbocycles. The van der Waals surface area contributed by atoms with Crippen molar-refractivity contribution >= 4 is 33.3 Å². The van der Waals surface area contributed by atoms with Gasteiger partial charge in [0.25, 0.3) is 0 Å². The highest BCUT2D eigenvalue weighted by Crippen LogP contribution is 2.23. The summed E-state index contributed by atoms with van der Waals surface area (Å²) in [7, 11) is 0. The average Bonchev–Trinajstić information content (AvgIpc) is 2.72. The molecule has 0 aliphatic carbocycles. The number of nitrogens with zero attached hydrogens (tertiary/aromatic N) is 2. The van der Waals surface area contributed by atoms with Crippen molar-refractivity contribution in [3.63, 3.8) is 0 Å². The Labute approximate surface area is 93.5 Å². The van der Waals surface area contributed by atoms with Crippen molar-refractivity contribution in [2.75, 3.05) is 5.32 Å². The lowest BCUT2D eigenvalue weighted by atomic mass is 10.3. The first-order chi connectivity index (χ1) is 6.75. The molecule has 0 aliphatic heterocycles. The molecule has 0 fully saturated rings. The van der Waals surface area contributed by atoms with E-state index in [9.17, 15) is 0 Å². The Morgan fingerprint density at radius 3 is 3.00 bits per heavy atom. The van der Waals surface area contributed by atoms with Crippen LogP contribution in [0.25, 0.3) is 0 Å². The predicted molar refractivity (Wildman–Crippen MR) is 58.4 cm³/mol. The third-order valence-corrected chi connectivity index (χ3v) is 3.46. The van der Waals surface area contributed by atoms with Gasteiger partial charge in [0.2, 0.25) is 5.89 Å². The fraction of sp³-hybridized carbons (Fsp3) is 0.250. The maximum Gasteiger partial charge on any atom is 0.315 e. The molecular weight excluding hydrogens is 266 g/mol. The molecule has 0 spiro atoms. The molecule has 0 saturated carbocycles. The summed E-state index contributed by atoms with van der Waals surface area (Å²) in [5, 5.41) is 12.6. The van der Waals surface area contributed by atoms with E-state index in [1.807, 2.05) is 11.4 Å². The molecule has 4 nitrogen and oxygen atoms in total. The third-order valence-electron chi connectivity index (χ3n) is 1.65. The van der Waals surface area contributed by atoms with Crippen LogP contribution in [0.5, 0.6) is 0 Å². The Balaban J connectivity index is 1.98. The minimum atomic E-state index is 0.459. The highest BCUT2D eigenvalue weighted by atomic mass is 79.9. The molecule has 2 rings (SSSR count). The summed E-state index contributed by atoms with van der Waals surface area (Å²) in [5.41, 5.74) is 1.19. The van der Waals surface area contributed by atoms with Gasteiger partial charge in [-0.25, -0.2) is 0 Å². The maximum atomic E-state index is 5.18. The van der Waals surface area contributed by atoms with Gasteiger partial charge in [0.15, 0.2) is 0 Å². The van der Waals surface area contributed by atoms with Gasteiger partial charge >= 0.3 is 6.01 Å². The van der Waals surface area contributed by atoms with E-state index in [2.05, 4.69) is 31.4 Å². The van der Waals surface area contributed by atoms with Crippen LogP contribution in [-0.2, 0) is 6.54 Å². The van der Waals surface area contributed by atoms with Crippen molar-refractivity contribution in [3.8, 4) is 0 Å². The molecule has 6 heteroatoms. The van der Waals surface area contributed by atoms with E-state index in [0.29, 0.717) is 18.5 Å². The molecule has 74 valence electrons. The molecule has 0 aliphatic rings. The van der Waals surface area contributed by atoms with Crippen LogP contribution in [0, 0.1) is 6.92 Å². The summed E-state index contributed by atoms with van der Waals surface area (Å²) in [5.74, 6) is 0.567.